The van der Waals surface area contributed by atoms with Gasteiger partial charge in [0.1, 0.15) is 0 Å². The lowest BCUT2D eigenvalue weighted by atomic mass is 10.0. The second-order valence-corrected chi connectivity index (χ2v) is 8.12. The topological polar surface area (TPSA) is 38.3 Å². The maximum absolute atomic E-state index is 11.8. The van der Waals surface area contributed by atoms with E-state index in [0.29, 0.717) is 13.0 Å². The third-order valence-electron chi connectivity index (χ3n) is 4.63. The molecule has 1 unspecified atom stereocenters. The summed E-state index contributed by atoms with van der Waals surface area (Å²) in [6.07, 6.45) is 18.3. The highest BCUT2D eigenvalue weighted by Crippen LogP contribution is 2.37. The first kappa shape index (κ1) is 21.4. The molecular weight excluding hydrogens is 318 g/mol. The van der Waals surface area contributed by atoms with Crippen LogP contribution in [0.5, 0.6) is 0 Å². The summed E-state index contributed by atoms with van der Waals surface area (Å²) in [5.74, 6) is -0.0933. The SMILES string of the molecule is CCCCCCCCCCCCCC1(CC(=O)OCC)NC=CS1. The molecule has 0 saturated heterocycles. The summed E-state index contributed by atoms with van der Waals surface area (Å²) in [7, 11) is 0. The lowest BCUT2D eigenvalue weighted by molar-refractivity contribution is -0.143. The number of carbonyl (C=O) groups excluding carboxylic acids is 1. The molecule has 3 nitrogen and oxygen atoms in total. The number of rotatable bonds is 15. The summed E-state index contributed by atoms with van der Waals surface area (Å²) in [6, 6.07) is 0. The Morgan fingerprint density at radius 3 is 2.04 bits per heavy atom. The summed E-state index contributed by atoms with van der Waals surface area (Å²) in [4.78, 5) is 11.6. The zero-order chi connectivity index (χ0) is 17.5. The Bertz CT molecular complexity index is 350. The molecule has 1 N–H and O–H groups in total. The largest absolute Gasteiger partial charge is 0.466 e. The van der Waals surface area contributed by atoms with E-state index < -0.39 is 0 Å². The normalized spacial score (nSPS) is 19.4. The van der Waals surface area contributed by atoms with Crippen molar-refractivity contribution in [3.05, 3.63) is 11.6 Å². The first-order valence-corrected chi connectivity index (χ1v) is 10.9. The second-order valence-electron chi connectivity index (χ2n) is 6.83. The van der Waals surface area contributed by atoms with E-state index in [9.17, 15) is 4.79 Å². The van der Waals surface area contributed by atoms with Crippen molar-refractivity contribution in [2.45, 2.75) is 102 Å². The molecule has 0 aliphatic carbocycles. The smallest absolute Gasteiger partial charge is 0.309 e. The highest BCUT2D eigenvalue weighted by atomic mass is 32.2. The van der Waals surface area contributed by atoms with E-state index in [4.69, 9.17) is 4.74 Å². The molecule has 0 aromatic heterocycles. The predicted molar refractivity (Wildman–Crippen MR) is 105 cm³/mol. The van der Waals surface area contributed by atoms with Crippen molar-refractivity contribution in [3.63, 3.8) is 0 Å². The van der Waals surface area contributed by atoms with E-state index in [2.05, 4.69) is 17.6 Å². The van der Waals surface area contributed by atoms with Crippen LogP contribution < -0.4 is 5.32 Å². The Morgan fingerprint density at radius 2 is 1.54 bits per heavy atom. The number of hydrogen-bond acceptors (Lipinski definition) is 4. The van der Waals surface area contributed by atoms with Gasteiger partial charge in [-0.3, -0.25) is 4.79 Å². The molecule has 0 amide bonds. The van der Waals surface area contributed by atoms with Gasteiger partial charge >= 0.3 is 5.97 Å². The van der Waals surface area contributed by atoms with E-state index in [1.807, 2.05) is 13.1 Å². The van der Waals surface area contributed by atoms with Crippen molar-refractivity contribution in [2.75, 3.05) is 6.61 Å². The summed E-state index contributed by atoms with van der Waals surface area (Å²) >= 11 is 1.73. The van der Waals surface area contributed by atoms with E-state index >= 15 is 0 Å². The Labute approximate surface area is 153 Å². The van der Waals surface area contributed by atoms with E-state index in [-0.39, 0.29) is 10.8 Å². The van der Waals surface area contributed by atoms with Crippen LogP contribution in [0.25, 0.3) is 0 Å². The molecule has 1 rings (SSSR count). The third kappa shape index (κ3) is 9.61. The van der Waals surface area contributed by atoms with Crippen molar-refractivity contribution in [1.29, 1.82) is 0 Å². The maximum atomic E-state index is 11.8. The number of esters is 1. The average molecular weight is 356 g/mol. The molecule has 0 saturated carbocycles. The van der Waals surface area contributed by atoms with Gasteiger partial charge in [-0.25, -0.2) is 0 Å². The third-order valence-corrected chi connectivity index (χ3v) is 5.82. The van der Waals surface area contributed by atoms with Crippen molar-refractivity contribution < 1.29 is 9.53 Å². The highest BCUT2D eigenvalue weighted by Gasteiger charge is 2.34. The maximum Gasteiger partial charge on any atom is 0.309 e. The Balaban J connectivity index is 2.02. The number of hydrogen-bond donors (Lipinski definition) is 1. The number of nitrogens with one attached hydrogen (secondary N) is 1. The molecule has 4 heteroatoms. The molecule has 0 fully saturated rings. The van der Waals surface area contributed by atoms with Gasteiger partial charge in [0.05, 0.1) is 17.9 Å². The number of ether oxygens (including phenoxy) is 1. The molecule has 0 aromatic carbocycles. The standard InChI is InChI=1S/C20H37NO2S/c1-3-5-6-7-8-9-10-11-12-13-14-15-20(21-16-17-24-20)18-19(22)23-4-2/h16-17,21H,3-15,18H2,1-2H3. The fraction of sp³-hybridized carbons (Fsp3) is 0.850. The van der Waals surface area contributed by atoms with Gasteiger partial charge < -0.3 is 10.1 Å². The summed E-state index contributed by atoms with van der Waals surface area (Å²) in [5.41, 5.74) is 0. The second kappa shape index (κ2) is 13.6. The first-order valence-electron chi connectivity index (χ1n) is 9.98. The van der Waals surface area contributed by atoms with Crippen LogP contribution in [0.4, 0.5) is 0 Å². The van der Waals surface area contributed by atoms with Gasteiger partial charge in [0, 0.05) is 6.20 Å². The lowest BCUT2D eigenvalue weighted by Gasteiger charge is -2.28. The van der Waals surface area contributed by atoms with Crippen LogP contribution in [0.15, 0.2) is 11.6 Å². The molecule has 1 heterocycles. The molecule has 0 radical (unpaired) electrons. The fourth-order valence-electron chi connectivity index (χ4n) is 3.22. The van der Waals surface area contributed by atoms with Gasteiger partial charge in [-0.15, -0.1) is 11.8 Å². The molecule has 0 aromatic rings. The fourth-order valence-corrected chi connectivity index (χ4v) is 4.21. The average Bonchev–Trinajstić information content (AvgIpc) is 3.01. The van der Waals surface area contributed by atoms with Gasteiger partial charge in [0.25, 0.3) is 0 Å². The number of thioether (sulfide) groups is 1. The van der Waals surface area contributed by atoms with Gasteiger partial charge in [0.15, 0.2) is 0 Å². The number of carbonyl (C=O) groups is 1. The quantitative estimate of drug-likeness (QED) is 0.283. The van der Waals surface area contributed by atoms with Gasteiger partial charge in [-0.05, 0) is 18.8 Å². The monoisotopic (exact) mass is 355 g/mol. The predicted octanol–water partition coefficient (Wildman–Crippen LogP) is 6.14. The molecule has 1 aliphatic rings. The van der Waals surface area contributed by atoms with E-state index in [0.717, 1.165) is 6.42 Å². The zero-order valence-corrected chi connectivity index (χ0v) is 16.6. The Kier molecular flexibility index (Phi) is 12.2. The van der Waals surface area contributed by atoms with Crippen LogP contribution in [0.2, 0.25) is 0 Å². The first-order chi connectivity index (χ1) is 11.7. The minimum absolute atomic E-state index is 0.0933. The van der Waals surface area contributed by atoms with Gasteiger partial charge in [0.2, 0.25) is 0 Å². The highest BCUT2D eigenvalue weighted by molar-refractivity contribution is 8.03. The zero-order valence-electron chi connectivity index (χ0n) is 15.8. The minimum atomic E-state index is -0.161. The van der Waals surface area contributed by atoms with Crippen molar-refractivity contribution >= 4 is 17.7 Å². The molecule has 0 spiro atoms. The minimum Gasteiger partial charge on any atom is -0.466 e. The van der Waals surface area contributed by atoms with Crippen LogP contribution in [0.1, 0.15) is 97.3 Å². The Hall–Kier alpha value is -0.640. The van der Waals surface area contributed by atoms with Crippen molar-refractivity contribution in [1.82, 2.24) is 5.32 Å². The molecule has 1 aliphatic heterocycles. The van der Waals surface area contributed by atoms with Crippen molar-refractivity contribution in [3.8, 4) is 0 Å². The van der Waals surface area contributed by atoms with Crippen LogP contribution in [0, 0.1) is 0 Å². The molecule has 24 heavy (non-hydrogen) atoms. The Morgan fingerprint density at radius 1 is 0.958 bits per heavy atom. The summed E-state index contributed by atoms with van der Waals surface area (Å²) in [5, 5.41) is 5.43. The molecular formula is C20H37NO2S. The molecule has 1 atom stereocenters. The van der Waals surface area contributed by atoms with E-state index in [1.165, 1.54) is 70.6 Å². The van der Waals surface area contributed by atoms with Crippen LogP contribution in [0.3, 0.4) is 0 Å². The van der Waals surface area contributed by atoms with Crippen LogP contribution in [-0.2, 0) is 9.53 Å². The molecule has 140 valence electrons. The van der Waals surface area contributed by atoms with Crippen molar-refractivity contribution in [2.24, 2.45) is 0 Å². The molecule has 0 bridgehead atoms. The summed E-state index contributed by atoms with van der Waals surface area (Å²) in [6.45, 7) is 4.60. The van der Waals surface area contributed by atoms with Crippen LogP contribution >= 0.6 is 11.8 Å². The lowest BCUT2D eigenvalue weighted by Crippen LogP contribution is -2.38. The van der Waals surface area contributed by atoms with E-state index in [1.54, 1.807) is 11.8 Å². The van der Waals surface area contributed by atoms with Crippen LogP contribution in [-0.4, -0.2) is 17.4 Å². The van der Waals surface area contributed by atoms with Gasteiger partial charge in [-0.2, -0.15) is 0 Å². The summed E-state index contributed by atoms with van der Waals surface area (Å²) < 4.78 is 5.12. The van der Waals surface area contributed by atoms with Gasteiger partial charge in [-0.1, -0.05) is 77.6 Å². The number of unbranched alkanes of at least 4 members (excludes halogenated alkanes) is 10.